The summed E-state index contributed by atoms with van der Waals surface area (Å²) in [6, 6.07) is 14.5. The number of carbonyl (C=O) groups is 1. The third-order valence-corrected chi connectivity index (χ3v) is 4.85. The summed E-state index contributed by atoms with van der Waals surface area (Å²) in [4.78, 5) is 12.6. The minimum Gasteiger partial charge on any atom is -0.305 e. The molecule has 0 saturated carbocycles. The molecule has 0 aliphatic carbocycles. The van der Waals surface area contributed by atoms with E-state index in [0.717, 1.165) is 16.8 Å². The summed E-state index contributed by atoms with van der Waals surface area (Å²) in [7, 11) is -0.960. The molecule has 1 atom stereocenters. The van der Waals surface area contributed by atoms with Crippen molar-refractivity contribution in [1.29, 1.82) is 0 Å². The van der Waals surface area contributed by atoms with E-state index in [4.69, 9.17) is 11.6 Å². The van der Waals surface area contributed by atoms with E-state index in [2.05, 4.69) is 10.4 Å². The van der Waals surface area contributed by atoms with Gasteiger partial charge in [0.15, 0.2) is 5.82 Å². The van der Waals surface area contributed by atoms with Crippen LogP contribution in [0, 0.1) is 6.92 Å². The number of hydrogen-bond acceptors (Lipinski definition) is 3. The molecule has 3 rings (SSSR count). The first kappa shape index (κ1) is 18.4. The highest BCUT2D eigenvalue weighted by Crippen LogP contribution is 2.22. The molecule has 0 aliphatic rings. The number of nitrogens with zero attached hydrogens (tertiary/aromatic N) is 2. The Labute approximate surface area is 159 Å². The van der Waals surface area contributed by atoms with Gasteiger partial charge in [0, 0.05) is 40.1 Å². The number of aromatic nitrogens is 2. The zero-order valence-electron chi connectivity index (χ0n) is 14.4. The van der Waals surface area contributed by atoms with Gasteiger partial charge in [-0.15, -0.1) is 5.10 Å². The number of hydrogen-bond donors (Lipinski definition) is 1. The highest BCUT2D eigenvalue weighted by Gasteiger charge is 2.13. The van der Waals surface area contributed by atoms with Gasteiger partial charge in [-0.05, 0) is 36.8 Å². The molecule has 7 heteroatoms. The van der Waals surface area contributed by atoms with Gasteiger partial charge in [-0.25, -0.2) is 4.68 Å². The van der Waals surface area contributed by atoms with E-state index >= 15 is 0 Å². The summed E-state index contributed by atoms with van der Waals surface area (Å²) in [6.07, 6.45) is 3.45. The highest BCUT2D eigenvalue weighted by molar-refractivity contribution is 7.83. The van der Waals surface area contributed by atoms with Crippen LogP contribution in [0.4, 0.5) is 5.82 Å². The van der Waals surface area contributed by atoms with E-state index in [1.54, 1.807) is 35.2 Å². The van der Waals surface area contributed by atoms with Crippen LogP contribution in [0.5, 0.6) is 0 Å². The van der Waals surface area contributed by atoms with Crippen LogP contribution in [0.3, 0.4) is 0 Å². The number of aryl methyl sites for hydroxylation is 1. The maximum absolute atomic E-state index is 12.6. The maximum atomic E-state index is 12.6. The second-order valence-corrected chi connectivity index (χ2v) is 7.77. The lowest BCUT2D eigenvalue weighted by molar-refractivity contribution is 0.102. The fraction of sp³-hybridized carbons (Fsp3) is 0.158. The van der Waals surface area contributed by atoms with Gasteiger partial charge < -0.3 is 5.32 Å². The van der Waals surface area contributed by atoms with Gasteiger partial charge >= 0.3 is 0 Å². The van der Waals surface area contributed by atoms with Crippen molar-refractivity contribution < 1.29 is 9.00 Å². The Morgan fingerprint density at radius 3 is 2.73 bits per heavy atom. The van der Waals surface area contributed by atoms with Crippen molar-refractivity contribution in [3.63, 3.8) is 0 Å². The van der Waals surface area contributed by atoms with Crippen molar-refractivity contribution in [3.8, 4) is 5.69 Å². The van der Waals surface area contributed by atoms with Gasteiger partial charge in [0.25, 0.3) is 5.91 Å². The Balaban J connectivity index is 1.82. The maximum Gasteiger partial charge on any atom is 0.256 e. The van der Waals surface area contributed by atoms with Gasteiger partial charge in [0.05, 0.1) is 10.7 Å². The largest absolute Gasteiger partial charge is 0.305 e. The molecule has 1 aromatic heterocycles. The van der Waals surface area contributed by atoms with Gasteiger partial charge in [-0.3, -0.25) is 9.00 Å². The second kappa shape index (κ2) is 7.85. The summed E-state index contributed by atoms with van der Waals surface area (Å²) in [5, 5.41) is 7.83. The summed E-state index contributed by atoms with van der Waals surface area (Å²) in [6.45, 7) is 1.87. The second-order valence-electron chi connectivity index (χ2n) is 5.93. The lowest BCUT2D eigenvalue weighted by Gasteiger charge is -2.06. The van der Waals surface area contributed by atoms with E-state index in [9.17, 15) is 9.00 Å². The van der Waals surface area contributed by atoms with E-state index < -0.39 is 10.8 Å². The van der Waals surface area contributed by atoms with Crippen LogP contribution in [-0.2, 0) is 16.6 Å². The number of nitrogens with one attached hydrogen (secondary N) is 1. The Morgan fingerprint density at radius 2 is 2.00 bits per heavy atom. The monoisotopic (exact) mass is 387 g/mol. The van der Waals surface area contributed by atoms with E-state index in [0.29, 0.717) is 22.2 Å². The van der Waals surface area contributed by atoms with Crippen LogP contribution < -0.4 is 5.32 Å². The third-order valence-electron chi connectivity index (χ3n) is 3.79. The number of para-hydroxylation sites is 1. The average Bonchev–Trinajstić information content (AvgIpc) is 2.95. The minimum absolute atomic E-state index is 0.263. The SMILES string of the molecule is Cc1cn(-c2ccccc2Cl)nc1NC(=O)c1cccc(C[S@@](C)=O)c1. The molecule has 0 unspecified atom stereocenters. The molecule has 134 valence electrons. The predicted molar refractivity (Wildman–Crippen MR) is 105 cm³/mol. The standard InChI is InChI=1S/C19H18ClN3O2S/c1-13-11-23(17-9-4-3-8-16(17)20)22-18(13)21-19(24)15-7-5-6-14(10-15)12-26(2)25/h3-11H,12H2,1-2H3,(H,21,22,24)/t26-/m1/s1. The molecular weight excluding hydrogens is 370 g/mol. The van der Waals surface area contributed by atoms with E-state index in [1.165, 1.54) is 0 Å². The highest BCUT2D eigenvalue weighted by atomic mass is 35.5. The molecule has 1 amide bonds. The predicted octanol–water partition coefficient (Wildman–Crippen LogP) is 3.96. The summed E-state index contributed by atoms with van der Waals surface area (Å²) < 4.78 is 13.0. The zero-order valence-corrected chi connectivity index (χ0v) is 16.0. The van der Waals surface area contributed by atoms with E-state index in [1.807, 2.05) is 37.4 Å². The van der Waals surface area contributed by atoms with Crippen molar-refractivity contribution >= 4 is 34.1 Å². The van der Waals surface area contributed by atoms with Gasteiger partial charge in [-0.1, -0.05) is 35.9 Å². The molecule has 0 radical (unpaired) electrons. The van der Waals surface area contributed by atoms with Crippen molar-refractivity contribution in [2.24, 2.45) is 0 Å². The first-order valence-corrected chi connectivity index (χ1v) is 10.1. The zero-order chi connectivity index (χ0) is 18.7. The summed E-state index contributed by atoms with van der Waals surface area (Å²) in [5.41, 5.74) is 2.92. The Morgan fingerprint density at radius 1 is 1.23 bits per heavy atom. The lowest BCUT2D eigenvalue weighted by Crippen LogP contribution is -2.13. The van der Waals surface area contributed by atoms with Gasteiger partial charge in [0.2, 0.25) is 0 Å². The number of halogens is 1. The van der Waals surface area contributed by atoms with Crippen molar-refractivity contribution in [2.75, 3.05) is 11.6 Å². The fourth-order valence-electron chi connectivity index (χ4n) is 2.56. The first-order valence-electron chi connectivity index (χ1n) is 7.95. The minimum atomic E-state index is -0.960. The molecule has 3 aromatic rings. The summed E-state index contributed by atoms with van der Waals surface area (Å²) >= 11 is 6.21. The smallest absolute Gasteiger partial charge is 0.256 e. The van der Waals surface area contributed by atoms with Crippen LogP contribution in [0.2, 0.25) is 5.02 Å². The van der Waals surface area contributed by atoms with Gasteiger partial charge in [0.1, 0.15) is 0 Å². The molecule has 0 saturated heterocycles. The molecule has 26 heavy (non-hydrogen) atoms. The Bertz CT molecular complexity index is 984. The van der Waals surface area contributed by atoms with E-state index in [-0.39, 0.29) is 5.91 Å². The quantitative estimate of drug-likeness (QED) is 0.720. The first-order chi connectivity index (χ1) is 12.4. The van der Waals surface area contributed by atoms with Crippen LogP contribution in [-0.4, -0.2) is 26.2 Å². The molecule has 1 N–H and O–H groups in total. The molecule has 1 heterocycles. The molecule has 0 spiro atoms. The Kier molecular flexibility index (Phi) is 5.54. The van der Waals surface area contributed by atoms with Crippen molar-refractivity contribution in [2.45, 2.75) is 12.7 Å². The number of rotatable bonds is 5. The number of amides is 1. The van der Waals surface area contributed by atoms with Crippen LogP contribution in [0.25, 0.3) is 5.69 Å². The summed E-state index contributed by atoms with van der Waals surface area (Å²) in [5.74, 6) is 0.627. The topological polar surface area (TPSA) is 64.0 Å². The average molecular weight is 388 g/mol. The number of anilines is 1. The number of carbonyl (C=O) groups excluding carboxylic acids is 1. The Hall–Kier alpha value is -2.44. The van der Waals surface area contributed by atoms with Crippen LogP contribution in [0.1, 0.15) is 21.5 Å². The van der Waals surface area contributed by atoms with Crippen molar-refractivity contribution in [3.05, 3.63) is 76.4 Å². The van der Waals surface area contributed by atoms with Crippen LogP contribution in [0.15, 0.2) is 54.7 Å². The molecule has 0 bridgehead atoms. The molecule has 2 aromatic carbocycles. The van der Waals surface area contributed by atoms with Gasteiger partial charge in [-0.2, -0.15) is 0 Å². The van der Waals surface area contributed by atoms with Crippen molar-refractivity contribution in [1.82, 2.24) is 9.78 Å². The molecular formula is C19H18ClN3O2S. The number of benzene rings is 2. The lowest BCUT2D eigenvalue weighted by atomic mass is 10.1. The normalized spacial score (nSPS) is 12.0. The van der Waals surface area contributed by atoms with Crippen LogP contribution >= 0.6 is 11.6 Å². The molecule has 0 fully saturated rings. The fourth-order valence-corrected chi connectivity index (χ4v) is 3.43. The molecule has 0 aliphatic heterocycles. The third kappa shape index (κ3) is 4.20. The molecule has 5 nitrogen and oxygen atoms in total.